The number of carbonyl (C=O) groups is 3. The predicted molar refractivity (Wildman–Crippen MR) is 120 cm³/mol. The van der Waals surface area contributed by atoms with E-state index in [2.05, 4.69) is 10.3 Å². The number of esters is 1. The number of benzene rings is 2. The van der Waals surface area contributed by atoms with Crippen molar-refractivity contribution >= 4 is 23.3 Å². The highest BCUT2D eigenvalue weighted by atomic mass is 16.6. The first-order chi connectivity index (χ1) is 15.9. The molecular formula is C26H22N2O5. The van der Waals surface area contributed by atoms with Crippen LogP contribution in [0.4, 0.5) is 5.69 Å². The predicted octanol–water partition coefficient (Wildman–Crippen LogP) is 3.62. The van der Waals surface area contributed by atoms with Gasteiger partial charge in [-0.25, -0.2) is 4.79 Å². The lowest BCUT2D eigenvalue weighted by Crippen LogP contribution is -2.49. The van der Waals surface area contributed by atoms with Crippen LogP contribution in [0.2, 0.25) is 0 Å². The summed E-state index contributed by atoms with van der Waals surface area (Å²) in [7, 11) is 0. The van der Waals surface area contributed by atoms with Crippen LogP contribution in [0.3, 0.4) is 0 Å². The van der Waals surface area contributed by atoms with Gasteiger partial charge in [-0.3, -0.25) is 14.6 Å². The van der Waals surface area contributed by atoms with E-state index in [0.717, 1.165) is 5.56 Å². The fourth-order valence-corrected chi connectivity index (χ4v) is 4.62. The maximum Gasteiger partial charge on any atom is 0.341 e. The van der Waals surface area contributed by atoms with Crippen molar-refractivity contribution in [3.63, 3.8) is 0 Å². The van der Waals surface area contributed by atoms with Gasteiger partial charge in [-0.1, -0.05) is 30.3 Å². The number of hydrogen-bond acceptors (Lipinski definition) is 6. The lowest BCUT2D eigenvalue weighted by atomic mass is 9.72. The smallest absolute Gasteiger partial charge is 0.341 e. The van der Waals surface area contributed by atoms with E-state index in [1.54, 1.807) is 60.8 Å². The van der Waals surface area contributed by atoms with Gasteiger partial charge in [0, 0.05) is 34.8 Å². The van der Waals surface area contributed by atoms with E-state index in [9.17, 15) is 19.5 Å². The number of rotatable bonds is 4. The summed E-state index contributed by atoms with van der Waals surface area (Å²) in [4.78, 5) is 41.6. The Hall–Kier alpha value is -3.84. The third-order valence-electron chi connectivity index (χ3n) is 6.57. The number of nitrogens with zero attached hydrogens (tertiary/aromatic N) is 1. The molecule has 1 aliphatic carbocycles. The molecule has 3 aromatic rings. The van der Waals surface area contributed by atoms with E-state index in [-0.39, 0.29) is 18.6 Å². The summed E-state index contributed by atoms with van der Waals surface area (Å²) in [6.07, 6.45) is 4.08. The number of hydrogen-bond donors (Lipinski definition) is 2. The van der Waals surface area contributed by atoms with Gasteiger partial charge in [-0.2, -0.15) is 0 Å². The summed E-state index contributed by atoms with van der Waals surface area (Å²) in [5, 5.41) is 13.8. The number of aromatic nitrogens is 1. The van der Waals surface area contributed by atoms with Crippen LogP contribution in [-0.2, 0) is 15.1 Å². The highest BCUT2D eigenvalue weighted by Crippen LogP contribution is 2.49. The summed E-state index contributed by atoms with van der Waals surface area (Å²) >= 11 is 0. The number of pyridine rings is 1. The normalized spacial score (nSPS) is 23.6. The Balaban J connectivity index is 1.26. The van der Waals surface area contributed by atoms with Crippen LogP contribution < -0.4 is 5.32 Å². The van der Waals surface area contributed by atoms with Crippen molar-refractivity contribution in [2.45, 2.75) is 36.9 Å². The van der Waals surface area contributed by atoms with E-state index in [4.69, 9.17) is 4.74 Å². The first kappa shape index (κ1) is 21.0. The Morgan fingerprint density at radius 1 is 0.909 bits per heavy atom. The molecular weight excluding hydrogens is 420 g/mol. The van der Waals surface area contributed by atoms with E-state index >= 15 is 0 Å². The van der Waals surface area contributed by atoms with Crippen molar-refractivity contribution in [1.82, 2.24) is 4.98 Å². The number of ether oxygens (including phenoxy) is 1. The zero-order valence-corrected chi connectivity index (χ0v) is 17.8. The second-order valence-electron chi connectivity index (χ2n) is 8.56. The molecule has 0 unspecified atom stereocenters. The quantitative estimate of drug-likeness (QED) is 0.472. The molecule has 0 saturated heterocycles. The minimum atomic E-state index is -1.58. The third-order valence-corrected chi connectivity index (χ3v) is 6.57. The number of nitrogens with one attached hydrogen (secondary N) is 1. The largest absolute Gasteiger partial charge is 0.450 e. The van der Waals surface area contributed by atoms with Crippen molar-refractivity contribution in [1.29, 1.82) is 0 Å². The number of ketones is 1. The molecule has 5 rings (SSSR count). The molecule has 2 aliphatic rings. The molecule has 1 aromatic heterocycles. The molecule has 0 atom stereocenters. The van der Waals surface area contributed by atoms with Crippen molar-refractivity contribution in [3.05, 3.63) is 95.3 Å². The Morgan fingerprint density at radius 2 is 1.58 bits per heavy atom. The van der Waals surface area contributed by atoms with Crippen LogP contribution >= 0.6 is 0 Å². The van der Waals surface area contributed by atoms with E-state index in [1.165, 1.54) is 6.20 Å². The average molecular weight is 442 g/mol. The molecule has 0 radical (unpaired) electrons. The first-order valence-electron chi connectivity index (χ1n) is 10.8. The maximum absolute atomic E-state index is 12.9. The number of carbonyl (C=O) groups excluding carboxylic acids is 3. The zero-order valence-electron chi connectivity index (χ0n) is 17.8. The van der Waals surface area contributed by atoms with Gasteiger partial charge in [-0.15, -0.1) is 0 Å². The van der Waals surface area contributed by atoms with Gasteiger partial charge in [0.25, 0.3) is 5.91 Å². The van der Waals surface area contributed by atoms with E-state index < -0.39 is 23.1 Å². The van der Waals surface area contributed by atoms with Crippen molar-refractivity contribution in [2.24, 2.45) is 0 Å². The number of amides is 1. The van der Waals surface area contributed by atoms with Gasteiger partial charge < -0.3 is 15.2 Å². The van der Waals surface area contributed by atoms with E-state index in [1.807, 2.05) is 6.07 Å². The molecule has 7 heteroatoms. The van der Waals surface area contributed by atoms with Crippen LogP contribution in [0.15, 0.2) is 73.1 Å². The van der Waals surface area contributed by atoms with Crippen LogP contribution in [0.25, 0.3) is 0 Å². The third kappa shape index (κ3) is 3.70. The molecule has 1 fully saturated rings. The molecule has 166 valence electrons. The molecule has 1 saturated carbocycles. The molecule has 0 bridgehead atoms. The second-order valence-corrected chi connectivity index (χ2v) is 8.56. The average Bonchev–Trinajstić information content (AvgIpc) is 3.13. The van der Waals surface area contributed by atoms with Gasteiger partial charge in [-0.05, 0) is 56.0 Å². The zero-order chi connectivity index (χ0) is 23.1. The van der Waals surface area contributed by atoms with E-state index in [0.29, 0.717) is 35.2 Å². The summed E-state index contributed by atoms with van der Waals surface area (Å²) in [5.74, 6) is -1.04. The Labute approximate surface area is 190 Å². The Morgan fingerprint density at radius 3 is 2.27 bits per heavy atom. The number of anilines is 1. The maximum atomic E-state index is 12.9. The number of fused-ring (bicyclic) bond motifs is 2. The fraction of sp³-hybridized carbons (Fsp3) is 0.231. The van der Waals surface area contributed by atoms with Gasteiger partial charge in [0.2, 0.25) is 0 Å². The second kappa shape index (κ2) is 7.94. The number of aliphatic hydroxyl groups is 1. The fourth-order valence-electron chi connectivity index (χ4n) is 4.62. The lowest BCUT2D eigenvalue weighted by Gasteiger charge is -2.40. The standard InChI is InChI=1S/C26H22N2O5/c29-22(17-4-2-1-3-5-17)18-6-8-19(9-7-18)28-24(31)25(32)11-13-26(14-12-25)21-10-15-27-16-20(21)23(30)33-26/h1-10,15-16,32H,11-14H2,(H,28,31). The lowest BCUT2D eigenvalue weighted by molar-refractivity contribution is -0.144. The summed E-state index contributed by atoms with van der Waals surface area (Å²) in [6.45, 7) is 0. The van der Waals surface area contributed by atoms with Gasteiger partial charge >= 0.3 is 5.97 Å². The Bertz CT molecular complexity index is 1230. The minimum absolute atomic E-state index is 0.105. The van der Waals surface area contributed by atoms with Crippen LogP contribution in [-0.4, -0.2) is 33.4 Å². The SMILES string of the molecule is O=C(c1ccccc1)c1ccc(NC(=O)C2(O)CCC3(CC2)OC(=O)c2cnccc23)cc1. The van der Waals surface area contributed by atoms with Crippen molar-refractivity contribution in [3.8, 4) is 0 Å². The van der Waals surface area contributed by atoms with Crippen LogP contribution in [0, 0.1) is 0 Å². The molecule has 33 heavy (non-hydrogen) atoms. The molecule has 2 heterocycles. The topological polar surface area (TPSA) is 106 Å². The summed E-state index contributed by atoms with van der Waals surface area (Å²) in [6, 6.07) is 17.3. The van der Waals surface area contributed by atoms with Gasteiger partial charge in [0.1, 0.15) is 11.2 Å². The summed E-state index contributed by atoms with van der Waals surface area (Å²) < 4.78 is 5.67. The van der Waals surface area contributed by atoms with Gasteiger partial charge in [0.05, 0.1) is 5.56 Å². The highest BCUT2D eigenvalue weighted by Gasteiger charge is 2.52. The van der Waals surface area contributed by atoms with Gasteiger partial charge in [0.15, 0.2) is 5.78 Å². The first-order valence-corrected chi connectivity index (χ1v) is 10.8. The minimum Gasteiger partial charge on any atom is -0.450 e. The van der Waals surface area contributed by atoms with Crippen LogP contribution in [0.5, 0.6) is 0 Å². The highest BCUT2D eigenvalue weighted by molar-refractivity contribution is 6.09. The Kier molecular flexibility index (Phi) is 5.06. The molecule has 1 spiro atoms. The molecule has 1 amide bonds. The molecule has 1 aliphatic heterocycles. The monoisotopic (exact) mass is 442 g/mol. The van der Waals surface area contributed by atoms with Crippen LogP contribution in [0.1, 0.15) is 57.5 Å². The summed E-state index contributed by atoms with van der Waals surface area (Å²) in [5.41, 5.74) is 0.398. The molecule has 2 aromatic carbocycles. The molecule has 7 nitrogen and oxygen atoms in total. The van der Waals surface area contributed by atoms with Crippen molar-refractivity contribution in [2.75, 3.05) is 5.32 Å². The molecule has 2 N–H and O–H groups in total. The van der Waals surface area contributed by atoms with Crippen molar-refractivity contribution < 1.29 is 24.2 Å².